The molecule has 3 aromatic rings. The number of hydrogen-bond donors (Lipinski definition) is 0. The van der Waals surface area contributed by atoms with E-state index in [9.17, 15) is 4.79 Å². The normalized spacial score (nSPS) is 11.0. The Morgan fingerprint density at radius 2 is 1.95 bits per heavy atom. The van der Waals surface area contributed by atoms with Gasteiger partial charge >= 0.3 is 0 Å². The van der Waals surface area contributed by atoms with E-state index in [1.54, 1.807) is 0 Å². The quantitative estimate of drug-likeness (QED) is 0.604. The summed E-state index contributed by atoms with van der Waals surface area (Å²) in [5, 5.41) is 0.886. The van der Waals surface area contributed by atoms with Crippen molar-refractivity contribution >= 4 is 32.7 Å². The molecule has 3 heteroatoms. The van der Waals surface area contributed by atoms with Crippen molar-refractivity contribution in [3.8, 4) is 0 Å². The highest BCUT2D eigenvalue weighted by Gasteiger charge is 2.21. The average molecular weight is 343 g/mol. The van der Waals surface area contributed by atoms with Crippen molar-refractivity contribution < 1.29 is 9.21 Å². The molecule has 0 bridgehead atoms. The number of fused-ring (bicyclic) bond motifs is 1. The molecule has 0 amide bonds. The number of rotatable bonds is 3. The molecule has 0 radical (unpaired) electrons. The van der Waals surface area contributed by atoms with Crippen LogP contribution in [0.15, 0.2) is 51.4 Å². The number of carbonyl (C=O) groups is 1. The Morgan fingerprint density at radius 1 is 1.19 bits per heavy atom. The molecule has 0 unspecified atom stereocenters. The van der Waals surface area contributed by atoms with E-state index in [1.807, 2.05) is 56.3 Å². The highest BCUT2D eigenvalue weighted by Crippen LogP contribution is 2.29. The minimum absolute atomic E-state index is 0.0150. The number of carbonyl (C=O) groups excluding carboxylic acids is 1. The second-order valence-corrected chi connectivity index (χ2v) is 6.01. The number of hydrogen-bond acceptors (Lipinski definition) is 2. The van der Waals surface area contributed by atoms with Gasteiger partial charge in [0.25, 0.3) is 0 Å². The second kappa shape index (κ2) is 5.49. The molecule has 2 nitrogen and oxygen atoms in total. The zero-order valence-electron chi connectivity index (χ0n) is 11.9. The summed E-state index contributed by atoms with van der Waals surface area (Å²) >= 11 is 3.45. The van der Waals surface area contributed by atoms with E-state index in [-0.39, 0.29) is 5.78 Å². The maximum absolute atomic E-state index is 12.9. The van der Waals surface area contributed by atoms with Crippen LogP contribution in [-0.2, 0) is 6.42 Å². The smallest absolute Gasteiger partial charge is 0.197 e. The van der Waals surface area contributed by atoms with Gasteiger partial charge in [-0.05, 0) is 36.8 Å². The highest BCUT2D eigenvalue weighted by molar-refractivity contribution is 9.10. The molecular formula is C18H15BrO2. The Morgan fingerprint density at radius 3 is 2.67 bits per heavy atom. The van der Waals surface area contributed by atoms with Gasteiger partial charge in [-0.15, -0.1) is 0 Å². The molecular weight excluding hydrogens is 328 g/mol. The number of benzene rings is 2. The lowest BCUT2D eigenvalue weighted by Gasteiger charge is -2.04. The molecule has 0 saturated heterocycles. The highest BCUT2D eigenvalue weighted by atomic mass is 79.9. The van der Waals surface area contributed by atoms with Gasteiger partial charge in [0.15, 0.2) is 5.78 Å². The summed E-state index contributed by atoms with van der Waals surface area (Å²) in [5.74, 6) is 0.764. The van der Waals surface area contributed by atoms with Gasteiger partial charge in [-0.3, -0.25) is 4.79 Å². The van der Waals surface area contributed by atoms with Crippen LogP contribution in [-0.4, -0.2) is 5.78 Å². The summed E-state index contributed by atoms with van der Waals surface area (Å²) in [5.41, 5.74) is 3.19. The lowest BCUT2D eigenvalue weighted by atomic mass is 9.98. The average Bonchev–Trinajstić information content (AvgIpc) is 2.83. The molecule has 0 aliphatic rings. The maximum atomic E-state index is 12.9. The molecule has 0 aliphatic heterocycles. The first-order valence-electron chi connectivity index (χ1n) is 6.92. The first kappa shape index (κ1) is 14.1. The minimum atomic E-state index is 0.0150. The van der Waals surface area contributed by atoms with Crippen LogP contribution in [0.3, 0.4) is 0 Å². The Kier molecular flexibility index (Phi) is 3.68. The SMILES string of the molecule is CCc1oc2ccccc2c1C(=O)c1cc(C)cc(Br)c1. The van der Waals surface area contributed by atoms with Crippen molar-refractivity contribution in [2.75, 3.05) is 0 Å². The van der Waals surface area contributed by atoms with Gasteiger partial charge in [-0.25, -0.2) is 0 Å². The minimum Gasteiger partial charge on any atom is -0.460 e. The van der Waals surface area contributed by atoms with Gasteiger partial charge in [0, 0.05) is 21.8 Å². The van der Waals surface area contributed by atoms with Crippen LogP contribution >= 0.6 is 15.9 Å². The number of furan rings is 1. The summed E-state index contributed by atoms with van der Waals surface area (Å²) in [4.78, 5) is 12.9. The predicted molar refractivity (Wildman–Crippen MR) is 87.9 cm³/mol. The molecule has 106 valence electrons. The van der Waals surface area contributed by atoms with E-state index < -0.39 is 0 Å². The van der Waals surface area contributed by atoms with Crippen molar-refractivity contribution in [1.82, 2.24) is 0 Å². The predicted octanol–water partition coefficient (Wildman–Crippen LogP) is 5.30. The van der Waals surface area contributed by atoms with Crippen molar-refractivity contribution in [3.05, 3.63) is 69.4 Å². The molecule has 1 heterocycles. The van der Waals surface area contributed by atoms with Crippen LogP contribution in [0.5, 0.6) is 0 Å². The molecule has 0 saturated carbocycles. The summed E-state index contributed by atoms with van der Waals surface area (Å²) in [6.07, 6.45) is 0.697. The number of aryl methyl sites for hydroxylation is 2. The Labute approximate surface area is 131 Å². The largest absolute Gasteiger partial charge is 0.460 e. The fourth-order valence-corrected chi connectivity index (χ4v) is 3.21. The summed E-state index contributed by atoms with van der Waals surface area (Å²) < 4.78 is 6.73. The van der Waals surface area contributed by atoms with E-state index >= 15 is 0 Å². The van der Waals surface area contributed by atoms with Gasteiger partial charge in [0.2, 0.25) is 0 Å². The summed E-state index contributed by atoms with van der Waals surface area (Å²) in [6, 6.07) is 13.5. The van der Waals surface area contributed by atoms with Gasteiger partial charge in [-0.2, -0.15) is 0 Å². The van der Waals surface area contributed by atoms with E-state index in [1.165, 1.54) is 0 Å². The van der Waals surface area contributed by atoms with Crippen LogP contribution in [0.1, 0.15) is 34.2 Å². The Bertz CT molecular complexity index is 810. The molecule has 0 N–H and O–H groups in total. The van der Waals surface area contributed by atoms with E-state index in [2.05, 4.69) is 15.9 Å². The first-order valence-corrected chi connectivity index (χ1v) is 7.71. The standard InChI is InChI=1S/C18H15BrO2/c1-3-15-17(14-6-4-5-7-16(14)21-15)18(20)12-8-11(2)9-13(19)10-12/h4-10H,3H2,1-2H3. The van der Waals surface area contributed by atoms with Crippen molar-refractivity contribution in [2.45, 2.75) is 20.3 Å². The lowest BCUT2D eigenvalue weighted by Crippen LogP contribution is -2.04. The molecule has 1 aromatic heterocycles. The van der Waals surface area contributed by atoms with Gasteiger partial charge < -0.3 is 4.42 Å². The zero-order valence-corrected chi connectivity index (χ0v) is 13.5. The molecule has 3 rings (SSSR count). The number of para-hydroxylation sites is 1. The summed E-state index contributed by atoms with van der Waals surface area (Å²) in [7, 11) is 0. The Hall–Kier alpha value is -1.87. The van der Waals surface area contributed by atoms with E-state index in [0.29, 0.717) is 17.5 Å². The van der Waals surface area contributed by atoms with Crippen molar-refractivity contribution in [3.63, 3.8) is 0 Å². The number of halogens is 1. The molecule has 21 heavy (non-hydrogen) atoms. The van der Waals surface area contributed by atoms with Gasteiger partial charge in [0.05, 0.1) is 5.56 Å². The lowest BCUT2D eigenvalue weighted by molar-refractivity contribution is 0.103. The van der Waals surface area contributed by atoms with Crippen LogP contribution in [0.2, 0.25) is 0 Å². The van der Waals surface area contributed by atoms with Crippen LogP contribution < -0.4 is 0 Å². The topological polar surface area (TPSA) is 30.2 Å². The Balaban J connectivity index is 2.21. The number of ketones is 1. The van der Waals surface area contributed by atoms with Crippen molar-refractivity contribution in [1.29, 1.82) is 0 Å². The third kappa shape index (κ3) is 2.54. The molecule has 0 spiro atoms. The van der Waals surface area contributed by atoms with E-state index in [0.717, 1.165) is 26.8 Å². The molecule has 0 atom stereocenters. The molecule has 0 fully saturated rings. The molecule has 0 aliphatic carbocycles. The van der Waals surface area contributed by atoms with Crippen LogP contribution in [0.25, 0.3) is 11.0 Å². The van der Waals surface area contributed by atoms with Crippen LogP contribution in [0.4, 0.5) is 0 Å². The monoisotopic (exact) mass is 342 g/mol. The van der Waals surface area contributed by atoms with E-state index in [4.69, 9.17) is 4.42 Å². The van der Waals surface area contributed by atoms with Crippen molar-refractivity contribution in [2.24, 2.45) is 0 Å². The summed E-state index contributed by atoms with van der Waals surface area (Å²) in [6.45, 7) is 3.98. The fourth-order valence-electron chi connectivity index (χ4n) is 2.61. The third-order valence-electron chi connectivity index (χ3n) is 3.52. The van der Waals surface area contributed by atoms with Crippen LogP contribution in [0, 0.1) is 6.92 Å². The fraction of sp³-hybridized carbons (Fsp3) is 0.167. The molecule has 2 aromatic carbocycles. The second-order valence-electron chi connectivity index (χ2n) is 5.10. The van der Waals surface area contributed by atoms with Gasteiger partial charge in [-0.1, -0.05) is 41.1 Å². The van der Waals surface area contributed by atoms with Gasteiger partial charge in [0.1, 0.15) is 11.3 Å². The zero-order chi connectivity index (χ0) is 15.0. The first-order chi connectivity index (χ1) is 10.1. The maximum Gasteiger partial charge on any atom is 0.197 e. The third-order valence-corrected chi connectivity index (χ3v) is 3.98.